The molecule has 8 heteroatoms. The van der Waals surface area contributed by atoms with Crippen LogP contribution in [0.3, 0.4) is 0 Å². The van der Waals surface area contributed by atoms with E-state index in [9.17, 15) is 18.6 Å². The summed E-state index contributed by atoms with van der Waals surface area (Å²) in [5, 5.41) is 13.9. The minimum Gasteiger partial charge on any atom is -0.480 e. The summed E-state index contributed by atoms with van der Waals surface area (Å²) in [6.45, 7) is 1.19. The van der Waals surface area contributed by atoms with Gasteiger partial charge in [-0.05, 0) is 12.8 Å². The number of hydrogen-bond donors (Lipinski definition) is 3. The van der Waals surface area contributed by atoms with Crippen LogP contribution in [-0.2, 0) is 25.2 Å². The van der Waals surface area contributed by atoms with E-state index >= 15 is 0 Å². The molecule has 1 aliphatic rings. The molecule has 3 N–H and O–H groups in total. The molecule has 0 aromatic heterocycles. The smallest absolute Gasteiger partial charge is 0.327 e. The number of carboxylic acids is 1. The van der Waals surface area contributed by atoms with Crippen molar-refractivity contribution in [1.82, 2.24) is 10.6 Å². The minimum atomic E-state index is -1.63. The van der Waals surface area contributed by atoms with Crippen LogP contribution in [0.25, 0.3) is 0 Å². The average Bonchev–Trinajstić information content (AvgIpc) is 2.38. The molecule has 1 saturated carbocycles. The monoisotopic (exact) mass is 318 g/mol. The Morgan fingerprint density at radius 2 is 1.86 bits per heavy atom. The highest BCUT2D eigenvalue weighted by molar-refractivity contribution is 7.85. The second-order valence-corrected chi connectivity index (χ2v) is 6.75. The molecule has 2 amide bonds. The molecule has 0 aliphatic heterocycles. The van der Waals surface area contributed by atoms with E-state index in [4.69, 9.17) is 5.11 Å². The normalized spacial score (nSPS) is 18.5. The van der Waals surface area contributed by atoms with Crippen LogP contribution >= 0.6 is 0 Å². The average molecular weight is 318 g/mol. The Morgan fingerprint density at radius 3 is 2.38 bits per heavy atom. The molecule has 120 valence electrons. The van der Waals surface area contributed by atoms with Gasteiger partial charge in [0.15, 0.2) is 0 Å². The maximum absolute atomic E-state index is 11.8. The molecular formula is C13H22N2O5S. The second-order valence-electron chi connectivity index (χ2n) is 5.24. The standard InChI is InChI=1S/C13H22N2O5S/c1-9(16)14-11(13(18)19)7-21(20)8-12(17)15-10-5-3-2-4-6-10/h10-11H,2-8H2,1H3,(H,14,16)(H,15,17)(H,18,19). The van der Waals surface area contributed by atoms with Gasteiger partial charge in [-0.3, -0.25) is 13.8 Å². The van der Waals surface area contributed by atoms with Gasteiger partial charge < -0.3 is 15.7 Å². The third-order valence-electron chi connectivity index (χ3n) is 3.29. The zero-order chi connectivity index (χ0) is 15.8. The van der Waals surface area contributed by atoms with Gasteiger partial charge in [0, 0.05) is 23.8 Å². The summed E-state index contributed by atoms with van der Waals surface area (Å²) in [7, 11) is -1.63. The highest BCUT2D eigenvalue weighted by Gasteiger charge is 2.23. The molecule has 0 heterocycles. The Bertz CT molecular complexity index is 421. The molecule has 0 saturated heterocycles. The SMILES string of the molecule is CC(=O)NC(CS(=O)CC(=O)NC1CCCCC1)C(=O)O. The summed E-state index contributed by atoms with van der Waals surface area (Å²) in [6, 6.07) is -1.10. The van der Waals surface area contributed by atoms with Gasteiger partial charge in [-0.1, -0.05) is 19.3 Å². The fraction of sp³-hybridized carbons (Fsp3) is 0.769. The van der Waals surface area contributed by atoms with Crippen LogP contribution in [0, 0.1) is 0 Å². The molecule has 0 spiro atoms. The fourth-order valence-electron chi connectivity index (χ4n) is 2.33. The third kappa shape index (κ3) is 7.22. The fourth-order valence-corrected chi connectivity index (χ4v) is 3.42. The van der Waals surface area contributed by atoms with E-state index in [0.29, 0.717) is 0 Å². The molecule has 21 heavy (non-hydrogen) atoms. The Hall–Kier alpha value is -1.44. The van der Waals surface area contributed by atoms with Crippen LogP contribution in [0.1, 0.15) is 39.0 Å². The van der Waals surface area contributed by atoms with Crippen LogP contribution in [0.5, 0.6) is 0 Å². The Labute approximate surface area is 126 Å². The van der Waals surface area contributed by atoms with Gasteiger partial charge in [-0.25, -0.2) is 4.79 Å². The first-order chi connectivity index (χ1) is 9.88. The topological polar surface area (TPSA) is 113 Å². The Kier molecular flexibility index (Phi) is 7.35. The van der Waals surface area contributed by atoms with E-state index in [0.717, 1.165) is 25.7 Å². The van der Waals surface area contributed by atoms with E-state index in [-0.39, 0.29) is 23.5 Å². The van der Waals surface area contributed by atoms with Crippen molar-refractivity contribution in [2.24, 2.45) is 0 Å². The van der Waals surface area contributed by atoms with Crippen molar-refractivity contribution in [1.29, 1.82) is 0 Å². The minimum absolute atomic E-state index is 0.133. The molecule has 2 atom stereocenters. The summed E-state index contributed by atoms with van der Waals surface area (Å²) in [6.07, 6.45) is 5.20. The maximum atomic E-state index is 11.8. The number of rotatable bonds is 7. The Morgan fingerprint density at radius 1 is 1.24 bits per heavy atom. The summed E-state index contributed by atoms with van der Waals surface area (Å²) >= 11 is 0. The van der Waals surface area contributed by atoms with Gasteiger partial charge in [-0.15, -0.1) is 0 Å². The lowest BCUT2D eigenvalue weighted by Crippen LogP contribution is -2.45. The van der Waals surface area contributed by atoms with Crippen molar-refractivity contribution < 1.29 is 23.7 Å². The third-order valence-corrected chi connectivity index (χ3v) is 4.58. The number of carbonyl (C=O) groups is 3. The van der Waals surface area contributed by atoms with Gasteiger partial charge >= 0.3 is 5.97 Å². The van der Waals surface area contributed by atoms with Crippen molar-refractivity contribution >= 4 is 28.6 Å². The summed E-state index contributed by atoms with van der Waals surface area (Å²) in [5.74, 6) is -2.60. The zero-order valence-electron chi connectivity index (χ0n) is 12.1. The number of hydrogen-bond acceptors (Lipinski definition) is 4. The van der Waals surface area contributed by atoms with Crippen LogP contribution in [-0.4, -0.2) is 50.7 Å². The van der Waals surface area contributed by atoms with Gasteiger partial charge in [0.1, 0.15) is 11.8 Å². The molecule has 0 radical (unpaired) electrons. The number of carbonyl (C=O) groups excluding carboxylic acids is 2. The molecule has 0 aromatic carbocycles. The molecular weight excluding hydrogens is 296 g/mol. The highest BCUT2D eigenvalue weighted by atomic mass is 32.2. The van der Waals surface area contributed by atoms with E-state index in [2.05, 4.69) is 10.6 Å². The lowest BCUT2D eigenvalue weighted by atomic mass is 9.95. The van der Waals surface area contributed by atoms with Gasteiger partial charge in [0.2, 0.25) is 11.8 Å². The van der Waals surface area contributed by atoms with Crippen LogP contribution in [0.2, 0.25) is 0 Å². The number of carboxylic acid groups (broad SMARTS) is 1. The van der Waals surface area contributed by atoms with Crippen molar-refractivity contribution in [2.45, 2.75) is 51.1 Å². The van der Waals surface area contributed by atoms with E-state index in [1.807, 2.05) is 0 Å². The van der Waals surface area contributed by atoms with Crippen LogP contribution < -0.4 is 10.6 Å². The maximum Gasteiger partial charge on any atom is 0.327 e. The summed E-state index contributed by atoms with van der Waals surface area (Å²) in [4.78, 5) is 33.6. The largest absolute Gasteiger partial charge is 0.480 e. The Balaban J connectivity index is 2.38. The molecule has 7 nitrogen and oxygen atoms in total. The quantitative estimate of drug-likeness (QED) is 0.600. The zero-order valence-corrected chi connectivity index (χ0v) is 12.9. The van der Waals surface area contributed by atoms with Crippen molar-refractivity contribution in [3.05, 3.63) is 0 Å². The van der Waals surface area contributed by atoms with Crippen LogP contribution in [0.4, 0.5) is 0 Å². The van der Waals surface area contributed by atoms with Crippen molar-refractivity contribution in [3.63, 3.8) is 0 Å². The lowest BCUT2D eigenvalue weighted by molar-refractivity contribution is -0.140. The van der Waals surface area contributed by atoms with Gasteiger partial charge in [0.05, 0.1) is 5.75 Å². The first-order valence-electron chi connectivity index (χ1n) is 7.02. The van der Waals surface area contributed by atoms with Gasteiger partial charge in [-0.2, -0.15) is 0 Å². The molecule has 0 aromatic rings. The van der Waals surface area contributed by atoms with E-state index in [1.54, 1.807) is 0 Å². The van der Waals surface area contributed by atoms with E-state index < -0.39 is 28.7 Å². The van der Waals surface area contributed by atoms with Crippen molar-refractivity contribution in [2.75, 3.05) is 11.5 Å². The van der Waals surface area contributed by atoms with E-state index in [1.165, 1.54) is 13.3 Å². The first kappa shape index (κ1) is 17.6. The number of amides is 2. The second kappa shape index (κ2) is 8.76. The first-order valence-corrected chi connectivity index (χ1v) is 8.51. The summed E-state index contributed by atoms with van der Waals surface area (Å²) < 4.78 is 11.8. The molecule has 2 unspecified atom stereocenters. The highest BCUT2D eigenvalue weighted by Crippen LogP contribution is 2.17. The van der Waals surface area contributed by atoms with Crippen molar-refractivity contribution in [3.8, 4) is 0 Å². The van der Waals surface area contributed by atoms with Crippen LogP contribution in [0.15, 0.2) is 0 Å². The predicted octanol–water partition coefficient (Wildman–Crippen LogP) is -0.227. The molecule has 0 bridgehead atoms. The summed E-state index contributed by atoms with van der Waals surface area (Å²) in [5.41, 5.74) is 0. The van der Waals surface area contributed by atoms with Gasteiger partial charge in [0.25, 0.3) is 0 Å². The predicted molar refractivity (Wildman–Crippen MR) is 78.1 cm³/mol. The molecule has 1 aliphatic carbocycles. The number of nitrogens with one attached hydrogen (secondary N) is 2. The molecule has 1 fully saturated rings. The molecule has 1 rings (SSSR count). The number of aliphatic carboxylic acids is 1. The lowest BCUT2D eigenvalue weighted by Gasteiger charge is -2.22.